The molecule has 1 saturated heterocycles. The van der Waals surface area contributed by atoms with Crippen LogP contribution in [0.3, 0.4) is 0 Å². The monoisotopic (exact) mass is 260 g/mol. The number of morpholine rings is 1. The summed E-state index contributed by atoms with van der Waals surface area (Å²) in [5, 5.41) is 2.02. The fourth-order valence-electron chi connectivity index (χ4n) is 1.57. The van der Waals surface area contributed by atoms with Crippen LogP contribution in [0.15, 0.2) is 0 Å². The van der Waals surface area contributed by atoms with Gasteiger partial charge in [-0.1, -0.05) is 0 Å². The van der Waals surface area contributed by atoms with Crippen LogP contribution in [0.4, 0.5) is 4.79 Å². The lowest BCUT2D eigenvalue weighted by Crippen LogP contribution is -2.53. The first-order chi connectivity index (χ1) is 8.58. The van der Waals surface area contributed by atoms with E-state index in [1.165, 1.54) is 7.11 Å². The van der Waals surface area contributed by atoms with Gasteiger partial charge in [0.05, 0.1) is 34.0 Å². The third-order valence-corrected chi connectivity index (χ3v) is 2.49. The molecule has 102 valence electrons. The van der Waals surface area contributed by atoms with Gasteiger partial charge in [-0.15, -0.1) is 0 Å². The molecule has 0 saturated carbocycles. The number of carbonyl (C=O) groups excluding carboxylic acids is 3. The highest BCUT2D eigenvalue weighted by molar-refractivity contribution is 5.93. The van der Waals surface area contributed by atoms with Gasteiger partial charge >= 0.3 is 12.1 Å². The van der Waals surface area contributed by atoms with Crippen molar-refractivity contribution in [2.24, 2.45) is 0 Å². The second-order valence-electron chi connectivity index (χ2n) is 3.62. The number of nitrogens with one attached hydrogen (secondary N) is 1. The molecule has 0 aromatic rings. The zero-order chi connectivity index (χ0) is 13.5. The van der Waals surface area contributed by atoms with Crippen molar-refractivity contribution in [3.63, 3.8) is 0 Å². The van der Waals surface area contributed by atoms with Crippen LogP contribution in [0.1, 0.15) is 0 Å². The van der Waals surface area contributed by atoms with E-state index in [-0.39, 0.29) is 13.2 Å². The lowest BCUT2D eigenvalue weighted by atomic mass is 10.2. The molecule has 1 heterocycles. The molecule has 0 radical (unpaired) electrons. The number of carbonyl (C=O) groups is 3. The second kappa shape index (κ2) is 6.92. The third kappa shape index (κ3) is 3.97. The average Bonchev–Trinajstić information content (AvgIpc) is 2.38. The van der Waals surface area contributed by atoms with Gasteiger partial charge in [-0.25, -0.2) is 4.79 Å². The summed E-state index contributed by atoms with van der Waals surface area (Å²) in [4.78, 5) is 35.4. The van der Waals surface area contributed by atoms with E-state index < -0.39 is 24.0 Å². The van der Waals surface area contributed by atoms with Crippen LogP contribution in [0.5, 0.6) is 0 Å². The number of alkyl carbamates (subject to hydrolysis) is 1. The van der Waals surface area contributed by atoms with Crippen molar-refractivity contribution >= 4 is 18.0 Å². The SMILES string of the molecule is COC(=O)NC(=O)CN1CCOCC1C(=O)OC. The minimum atomic E-state index is -0.831. The first-order valence-electron chi connectivity index (χ1n) is 5.36. The number of esters is 1. The highest BCUT2D eigenvalue weighted by Crippen LogP contribution is 2.07. The number of amides is 2. The molecule has 0 spiro atoms. The topological polar surface area (TPSA) is 94.2 Å². The summed E-state index contributed by atoms with van der Waals surface area (Å²) in [6.45, 7) is 0.893. The maximum atomic E-state index is 11.5. The van der Waals surface area contributed by atoms with Crippen molar-refractivity contribution in [1.29, 1.82) is 0 Å². The van der Waals surface area contributed by atoms with Crippen molar-refractivity contribution in [3.8, 4) is 0 Å². The van der Waals surface area contributed by atoms with Crippen LogP contribution in [-0.4, -0.2) is 69.4 Å². The van der Waals surface area contributed by atoms with E-state index in [4.69, 9.17) is 4.74 Å². The summed E-state index contributed by atoms with van der Waals surface area (Å²) in [5.74, 6) is -1.02. The molecule has 2 amide bonds. The molecule has 0 aromatic carbocycles. The zero-order valence-electron chi connectivity index (χ0n) is 10.3. The second-order valence-corrected chi connectivity index (χ2v) is 3.62. The molecule has 1 rings (SSSR count). The Hall–Kier alpha value is -1.67. The summed E-state index contributed by atoms with van der Waals surface area (Å²) in [5.41, 5.74) is 0. The highest BCUT2D eigenvalue weighted by atomic mass is 16.5. The zero-order valence-corrected chi connectivity index (χ0v) is 10.3. The Labute approximate surface area is 104 Å². The molecular formula is C10H16N2O6. The molecule has 18 heavy (non-hydrogen) atoms. The number of rotatable bonds is 3. The van der Waals surface area contributed by atoms with Gasteiger partial charge in [-0.3, -0.25) is 19.8 Å². The molecule has 1 aliphatic rings. The van der Waals surface area contributed by atoms with E-state index in [2.05, 4.69) is 9.47 Å². The Morgan fingerprint density at radius 1 is 1.33 bits per heavy atom. The lowest BCUT2D eigenvalue weighted by molar-refractivity contribution is -0.153. The Kier molecular flexibility index (Phi) is 5.53. The minimum Gasteiger partial charge on any atom is -0.468 e. The van der Waals surface area contributed by atoms with E-state index in [1.807, 2.05) is 5.32 Å². The maximum absolute atomic E-state index is 11.5. The first-order valence-corrected chi connectivity index (χ1v) is 5.36. The van der Waals surface area contributed by atoms with Crippen LogP contribution in [0.2, 0.25) is 0 Å². The van der Waals surface area contributed by atoms with Crippen molar-refractivity contribution in [2.75, 3.05) is 40.5 Å². The standard InChI is InChI=1S/C10H16N2O6/c1-16-9(14)7-6-18-4-3-12(7)5-8(13)11-10(15)17-2/h7H,3-6H2,1-2H3,(H,11,13,15). The van der Waals surface area contributed by atoms with E-state index in [0.717, 1.165) is 7.11 Å². The molecule has 1 fully saturated rings. The van der Waals surface area contributed by atoms with E-state index in [1.54, 1.807) is 4.90 Å². The highest BCUT2D eigenvalue weighted by Gasteiger charge is 2.31. The molecule has 0 aromatic heterocycles. The normalized spacial score (nSPS) is 20.0. The summed E-state index contributed by atoms with van der Waals surface area (Å²) >= 11 is 0. The van der Waals surface area contributed by atoms with Crippen LogP contribution < -0.4 is 5.32 Å². The van der Waals surface area contributed by atoms with Gasteiger partial charge in [0.1, 0.15) is 6.04 Å². The average molecular weight is 260 g/mol. The molecular weight excluding hydrogens is 244 g/mol. The number of nitrogens with zero attached hydrogens (tertiary/aromatic N) is 1. The first kappa shape index (κ1) is 14.4. The summed E-state index contributed by atoms with van der Waals surface area (Å²) in [6, 6.07) is -0.632. The van der Waals surface area contributed by atoms with Gasteiger partial charge in [-0.05, 0) is 0 Å². The fraction of sp³-hybridized carbons (Fsp3) is 0.700. The predicted octanol–water partition coefficient (Wildman–Crippen LogP) is -1.26. The van der Waals surface area contributed by atoms with E-state index >= 15 is 0 Å². The summed E-state index contributed by atoms with van der Waals surface area (Å²) in [6.07, 6.45) is -0.831. The third-order valence-electron chi connectivity index (χ3n) is 2.49. The van der Waals surface area contributed by atoms with E-state index in [0.29, 0.717) is 13.2 Å². The number of hydrogen-bond acceptors (Lipinski definition) is 7. The largest absolute Gasteiger partial charge is 0.468 e. The quantitative estimate of drug-likeness (QED) is 0.633. The van der Waals surface area contributed by atoms with Crippen molar-refractivity contribution in [1.82, 2.24) is 10.2 Å². The number of hydrogen-bond donors (Lipinski definition) is 1. The molecule has 1 atom stereocenters. The molecule has 1 aliphatic heterocycles. The lowest BCUT2D eigenvalue weighted by Gasteiger charge is -2.32. The summed E-state index contributed by atoms with van der Waals surface area (Å²) in [7, 11) is 2.43. The molecule has 8 nitrogen and oxygen atoms in total. The minimum absolute atomic E-state index is 0.0990. The number of methoxy groups -OCH3 is 2. The molecule has 0 bridgehead atoms. The number of imide groups is 1. The van der Waals surface area contributed by atoms with E-state index in [9.17, 15) is 14.4 Å². The van der Waals surface area contributed by atoms with Gasteiger partial charge in [-0.2, -0.15) is 0 Å². The summed E-state index contributed by atoms with van der Waals surface area (Å²) < 4.78 is 14.1. The van der Waals surface area contributed by atoms with Crippen LogP contribution >= 0.6 is 0 Å². The predicted molar refractivity (Wildman–Crippen MR) is 58.7 cm³/mol. The van der Waals surface area contributed by atoms with Crippen LogP contribution in [0.25, 0.3) is 0 Å². The van der Waals surface area contributed by atoms with Crippen LogP contribution in [-0.2, 0) is 23.8 Å². The Morgan fingerprint density at radius 3 is 2.67 bits per heavy atom. The smallest absolute Gasteiger partial charge is 0.413 e. The van der Waals surface area contributed by atoms with Gasteiger partial charge in [0, 0.05) is 6.54 Å². The molecule has 8 heteroatoms. The molecule has 1 unspecified atom stereocenters. The molecule has 1 N–H and O–H groups in total. The molecule has 0 aliphatic carbocycles. The van der Waals surface area contributed by atoms with Gasteiger partial charge in [0.25, 0.3) is 0 Å². The van der Waals surface area contributed by atoms with Gasteiger partial charge < -0.3 is 14.2 Å². The Bertz CT molecular complexity index is 332. The van der Waals surface area contributed by atoms with Crippen molar-refractivity contribution < 1.29 is 28.6 Å². The Morgan fingerprint density at radius 2 is 2.06 bits per heavy atom. The van der Waals surface area contributed by atoms with Crippen molar-refractivity contribution in [2.45, 2.75) is 6.04 Å². The Balaban J connectivity index is 2.54. The van der Waals surface area contributed by atoms with Crippen LogP contribution in [0, 0.1) is 0 Å². The fourth-order valence-corrected chi connectivity index (χ4v) is 1.57. The van der Waals surface area contributed by atoms with Gasteiger partial charge in [0.15, 0.2) is 0 Å². The maximum Gasteiger partial charge on any atom is 0.413 e. The number of ether oxygens (including phenoxy) is 3. The van der Waals surface area contributed by atoms with Crippen molar-refractivity contribution in [3.05, 3.63) is 0 Å². The van der Waals surface area contributed by atoms with Gasteiger partial charge in [0.2, 0.25) is 5.91 Å².